The summed E-state index contributed by atoms with van der Waals surface area (Å²) in [5, 5.41) is 6.58. The van der Waals surface area contributed by atoms with Crippen LogP contribution in [0.25, 0.3) is 0 Å². The number of ether oxygens (including phenoxy) is 3. The molecule has 0 saturated carbocycles. The van der Waals surface area contributed by atoms with Crippen LogP contribution >= 0.6 is 24.0 Å². The zero-order valence-corrected chi connectivity index (χ0v) is 19.3. The molecule has 0 aromatic heterocycles. The number of hydrogen-bond acceptors (Lipinski definition) is 4. The lowest BCUT2D eigenvalue weighted by atomic mass is 10.1. The molecule has 6 nitrogen and oxygen atoms in total. The predicted molar refractivity (Wildman–Crippen MR) is 125 cm³/mol. The molecule has 2 N–H and O–H groups in total. The number of rotatable bonds is 9. The average Bonchev–Trinajstić information content (AvgIpc) is 2.70. The Balaban J connectivity index is 0.00000392. The quantitative estimate of drug-likeness (QED) is 0.304. The molecule has 0 aliphatic heterocycles. The molecule has 0 aliphatic rings. The highest BCUT2D eigenvalue weighted by Gasteiger charge is 2.07. The number of nitrogens with zero attached hydrogens (tertiary/aromatic N) is 1. The number of benzene rings is 2. The standard InChI is InChI=1S/C21H29N3O3.HI/c1-5-26-15-17-9-7-16(8-10-17)14-23-21(22-3)24-18-11-12-19(25-4)20(13-18)27-6-2;/h7-13H,5-6,14-15H2,1-4H3,(H2,22,23,24);1H. The van der Waals surface area contributed by atoms with Crippen molar-refractivity contribution < 1.29 is 14.2 Å². The summed E-state index contributed by atoms with van der Waals surface area (Å²) in [7, 11) is 3.37. The number of hydrogen-bond donors (Lipinski definition) is 2. The summed E-state index contributed by atoms with van der Waals surface area (Å²) in [4.78, 5) is 4.28. The van der Waals surface area contributed by atoms with Crippen molar-refractivity contribution in [3.8, 4) is 11.5 Å². The first-order valence-electron chi connectivity index (χ1n) is 9.14. The highest BCUT2D eigenvalue weighted by Crippen LogP contribution is 2.30. The van der Waals surface area contributed by atoms with E-state index in [1.807, 2.05) is 32.0 Å². The highest BCUT2D eigenvalue weighted by atomic mass is 127. The van der Waals surface area contributed by atoms with Crippen LogP contribution in [0.4, 0.5) is 5.69 Å². The van der Waals surface area contributed by atoms with E-state index in [2.05, 4.69) is 39.9 Å². The van der Waals surface area contributed by atoms with E-state index in [1.165, 1.54) is 11.1 Å². The van der Waals surface area contributed by atoms with Gasteiger partial charge in [-0.3, -0.25) is 4.99 Å². The Bertz CT molecular complexity index is 736. The maximum atomic E-state index is 5.62. The van der Waals surface area contributed by atoms with Gasteiger partial charge in [0.2, 0.25) is 0 Å². The lowest BCUT2D eigenvalue weighted by Crippen LogP contribution is -2.30. The van der Waals surface area contributed by atoms with Crippen LogP contribution in [0.2, 0.25) is 0 Å². The van der Waals surface area contributed by atoms with Gasteiger partial charge < -0.3 is 24.8 Å². The zero-order valence-electron chi connectivity index (χ0n) is 17.0. The van der Waals surface area contributed by atoms with Crippen molar-refractivity contribution in [1.82, 2.24) is 5.32 Å². The Kier molecular flexibility index (Phi) is 11.4. The van der Waals surface area contributed by atoms with Crippen LogP contribution in [0, 0.1) is 0 Å². The van der Waals surface area contributed by atoms with E-state index in [0.717, 1.165) is 12.3 Å². The fourth-order valence-electron chi connectivity index (χ4n) is 2.50. The number of methoxy groups -OCH3 is 1. The van der Waals surface area contributed by atoms with Gasteiger partial charge >= 0.3 is 0 Å². The van der Waals surface area contributed by atoms with E-state index in [4.69, 9.17) is 14.2 Å². The van der Waals surface area contributed by atoms with Crippen LogP contribution in [0.3, 0.4) is 0 Å². The molecule has 28 heavy (non-hydrogen) atoms. The minimum absolute atomic E-state index is 0. The minimum atomic E-state index is 0. The maximum absolute atomic E-state index is 5.62. The normalized spacial score (nSPS) is 10.8. The third kappa shape index (κ3) is 7.55. The van der Waals surface area contributed by atoms with E-state index < -0.39 is 0 Å². The summed E-state index contributed by atoms with van der Waals surface area (Å²) in [6.45, 7) is 6.56. The zero-order chi connectivity index (χ0) is 19.5. The van der Waals surface area contributed by atoms with Gasteiger partial charge in [0.15, 0.2) is 17.5 Å². The Morgan fingerprint density at radius 3 is 2.29 bits per heavy atom. The smallest absolute Gasteiger partial charge is 0.195 e. The summed E-state index contributed by atoms with van der Waals surface area (Å²) in [6.07, 6.45) is 0. The number of guanidine groups is 1. The Labute approximate surface area is 184 Å². The summed E-state index contributed by atoms with van der Waals surface area (Å²) in [5.41, 5.74) is 3.21. The fourth-order valence-corrected chi connectivity index (χ4v) is 2.50. The number of anilines is 1. The van der Waals surface area contributed by atoms with Gasteiger partial charge in [-0.2, -0.15) is 0 Å². The van der Waals surface area contributed by atoms with E-state index in [0.29, 0.717) is 37.2 Å². The van der Waals surface area contributed by atoms with E-state index in [1.54, 1.807) is 14.2 Å². The van der Waals surface area contributed by atoms with Crippen LogP contribution in [-0.2, 0) is 17.9 Å². The van der Waals surface area contributed by atoms with Gasteiger partial charge in [0.1, 0.15) is 0 Å². The number of nitrogens with one attached hydrogen (secondary N) is 2. The highest BCUT2D eigenvalue weighted by molar-refractivity contribution is 14.0. The molecule has 0 unspecified atom stereocenters. The SMILES string of the molecule is CCOCc1ccc(CNC(=NC)Nc2ccc(OC)c(OCC)c2)cc1.I. The minimum Gasteiger partial charge on any atom is -0.493 e. The first-order valence-corrected chi connectivity index (χ1v) is 9.14. The summed E-state index contributed by atoms with van der Waals surface area (Å²) in [6, 6.07) is 14.1. The molecular weight excluding hydrogens is 469 g/mol. The summed E-state index contributed by atoms with van der Waals surface area (Å²) < 4.78 is 16.4. The van der Waals surface area contributed by atoms with Crippen molar-refractivity contribution >= 4 is 35.6 Å². The molecule has 0 bridgehead atoms. The van der Waals surface area contributed by atoms with Crippen molar-refractivity contribution in [1.29, 1.82) is 0 Å². The molecule has 154 valence electrons. The molecule has 2 aromatic carbocycles. The molecule has 0 aliphatic carbocycles. The summed E-state index contributed by atoms with van der Waals surface area (Å²) in [5.74, 6) is 2.09. The van der Waals surface area contributed by atoms with E-state index in [9.17, 15) is 0 Å². The van der Waals surface area contributed by atoms with Gasteiger partial charge in [-0.1, -0.05) is 24.3 Å². The first-order chi connectivity index (χ1) is 13.2. The van der Waals surface area contributed by atoms with Crippen molar-refractivity contribution in [2.45, 2.75) is 27.0 Å². The molecule has 7 heteroatoms. The first kappa shape index (κ1) is 24.0. The Morgan fingerprint density at radius 2 is 1.68 bits per heavy atom. The van der Waals surface area contributed by atoms with Gasteiger partial charge in [0.05, 0.1) is 20.3 Å². The van der Waals surface area contributed by atoms with Crippen LogP contribution < -0.4 is 20.1 Å². The van der Waals surface area contributed by atoms with Gasteiger partial charge in [-0.25, -0.2) is 0 Å². The van der Waals surface area contributed by atoms with Crippen molar-refractivity contribution in [2.75, 3.05) is 32.7 Å². The van der Waals surface area contributed by atoms with Gasteiger partial charge in [0.25, 0.3) is 0 Å². The van der Waals surface area contributed by atoms with Crippen molar-refractivity contribution in [3.63, 3.8) is 0 Å². The second-order valence-electron chi connectivity index (χ2n) is 5.80. The molecule has 2 aromatic rings. The van der Waals surface area contributed by atoms with Gasteiger partial charge in [-0.05, 0) is 37.1 Å². The van der Waals surface area contributed by atoms with Crippen molar-refractivity contribution in [2.24, 2.45) is 4.99 Å². The third-order valence-corrected chi connectivity index (χ3v) is 3.91. The molecule has 0 saturated heterocycles. The number of halogens is 1. The fraction of sp³-hybridized carbons (Fsp3) is 0.381. The average molecular weight is 499 g/mol. The van der Waals surface area contributed by atoms with Crippen LogP contribution in [0.1, 0.15) is 25.0 Å². The van der Waals surface area contributed by atoms with Crippen molar-refractivity contribution in [3.05, 3.63) is 53.6 Å². The van der Waals surface area contributed by atoms with E-state index in [-0.39, 0.29) is 24.0 Å². The second-order valence-corrected chi connectivity index (χ2v) is 5.80. The molecule has 2 rings (SSSR count). The van der Waals surface area contributed by atoms with Crippen LogP contribution in [0.15, 0.2) is 47.5 Å². The van der Waals surface area contributed by atoms with Gasteiger partial charge in [-0.15, -0.1) is 24.0 Å². The molecule has 0 fully saturated rings. The molecule has 0 heterocycles. The monoisotopic (exact) mass is 499 g/mol. The summed E-state index contributed by atoms with van der Waals surface area (Å²) >= 11 is 0. The Hall–Kier alpha value is -2.00. The second kappa shape index (κ2) is 13.2. The lowest BCUT2D eigenvalue weighted by Gasteiger charge is -2.15. The molecule has 0 spiro atoms. The molecule has 0 atom stereocenters. The van der Waals surface area contributed by atoms with Crippen LogP contribution in [-0.4, -0.2) is 33.3 Å². The molecular formula is C21H30IN3O3. The van der Waals surface area contributed by atoms with E-state index >= 15 is 0 Å². The largest absolute Gasteiger partial charge is 0.493 e. The maximum Gasteiger partial charge on any atom is 0.195 e. The lowest BCUT2D eigenvalue weighted by molar-refractivity contribution is 0.134. The number of aliphatic imine (C=N–C) groups is 1. The van der Waals surface area contributed by atoms with Gasteiger partial charge in [0, 0.05) is 32.0 Å². The Morgan fingerprint density at radius 1 is 0.964 bits per heavy atom. The molecule has 0 radical (unpaired) electrons. The third-order valence-electron chi connectivity index (χ3n) is 3.91. The molecule has 0 amide bonds. The topological polar surface area (TPSA) is 64.1 Å². The predicted octanol–water partition coefficient (Wildman–Crippen LogP) is 4.44. The van der Waals surface area contributed by atoms with Crippen LogP contribution in [0.5, 0.6) is 11.5 Å².